The Labute approximate surface area is 146 Å². The number of aromatic nitrogens is 4. The molecule has 0 aromatic carbocycles. The predicted molar refractivity (Wildman–Crippen MR) is 95.2 cm³/mol. The van der Waals surface area contributed by atoms with Crippen molar-refractivity contribution in [3.63, 3.8) is 0 Å². The Morgan fingerprint density at radius 2 is 2.21 bits per heavy atom. The maximum atomic E-state index is 12.0. The molecule has 24 heavy (non-hydrogen) atoms. The van der Waals surface area contributed by atoms with Crippen LogP contribution < -0.4 is 5.32 Å². The van der Waals surface area contributed by atoms with E-state index in [1.165, 1.54) is 43.0 Å². The maximum absolute atomic E-state index is 12.0. The first kappa shape index (κ1) is 17.0. The van der Waals surface area contributed by atoms with Gasteiger partial charge >= 0.3 is 0 Å². The normalized spacial score (nSPS) is 14.7. The third-order valence-corrected chi connectivity index (χ3v) is 5.08. The standard InChI is InChI=1S/C17H23N5OS/c1-12-10-13(2)22-16(19-12)20-21-17(22)24-11-15(23)18-9-8-14-6-4-3-5-7-14/h6,10H,3-5,7-9,11H2,1-2H3,(H,18,23). The molecule has 2 aromatic rings. The van der Waals surface area contributed by atoms with Gasteiger partial charge in [0.05, 0.1) is 5.75 Å². The van der Waals surface area contributed by atoms with E-state index in [0.717, 1.165) is 17.8 Å². The first-order chi connectivity index (χ1) is 11.6. The average Bonchev–Trinajstić information content (AvgIpc) is 2.97. The molecule has 0 radical (unpaired) electrons. The number of carbonyl (C=O) groups excluding carboxylic acids is 1. The van der Waals surface area contributed by atoms with Crippen molar-refractivity contribution in [2.75, 3.05) is 12.3 Å². The summed E-state index contributed by atoms with van der Waals surface area (Å²) >= 11 is 1.39. The molecule has 1 aliphatic carbocycles. The highest BCUT2D eigenvalue weighted by atomic mass is 32.2. The number of fused-ring (bicyclic) bond motifs is 1. The molecule has 0 aliphatic heterocycles. The van der Waals surface area contributed by atoms with E-state index in [0.29, 0.717) is 23.2 Å². The van der Waals surface area contributed by atoms with Gasteiger partial charge in [-0.05, 0) is 52.0 Å². The molecule has 3 rings (SSSR count). The summed E-state index contributed by atoms with van der Waals surface area (Å²) in [5.41, 5.74) is 3.42. The van der Waals surface area contributed by atoms with Gasteiger partial charge in [0.1, 0.15) is 0 Å². The number of nitrogens with one attached hydrogen (secondary N) is 1. The fraction of sp³-hybridized carbons (Fsp3) is 0.529. The molecule has 0 bridgehead atoms. The monoisotopic (exact) mass is 345 g/mol. The van der Waals surface area contributed by atoms with Gasteiger partial charge in [0.25, 0.3) is 5.78 Å². The Balaban J connectivity index is 1.50. The van der Waals surface area contributed by atoms with Crippen molar-refractivity contribution < 1.29 is 4.79 Å². The van der Waals surface area contributed by atoms with Crippen LogP contribution in [0.25, 0.3) is 5.78 Å². The number of amides is 1. The van der Waals surface area contributed by atoms with E-state index in [1.807, 2.05) is 24.3 Å². The Morgan fingerprint density at radius 3 is 3.00 bits per heavy atom. The highest BCUT2D eigenvalue weighted by Gasteiger charge is 2.12. The van der Waals surface area contributed by atoms with Gasteiger partial charge in [0.2, 0.25) is 5.91 Å². The molecule has 2 heterocycles. The largest absolute Gasteiger partial charge is 0.355 e. The smallest absolute Gasteiger partial charge is 0.256 e. The molecular formula is C17H23N5OS. The van der Waals surface area contributed by atoms with Crippen LogP contribution in [0.15, 0.2) is 22.9 Å². The molecule has 7 heteroatoms. The summed E-state index contributed by atoms with van der Waals surface area (Å²) in [4.78, 5) is 16.4. The van der Waals surface area contributed by atoms with E-state index in [9.17, 15) is 4.79 Å². The van der Waals surface area contributed by atoms with Crippen LogP contribution in [-0.4, -0.2) is 37.8 Å². The van der Waals surface area contributed by atoms with Gasteiger partial charge in [-0.2, -0.15) is 0 Å². The van der Waals surface area contributed by atoms with E-state index >= 15 is 0 Å². The van der Waals surface area contributed by atoms with Crippen molar-refractivity contribution in [2.24, 2.45) is 0 Å². The lowest BCUT2D eigenvalue weighted by Gasteiger charge is -2.12. The number of hydrogen-bond acceptors (Lipinski definition) is 5. The van der Waals surface area contributed by atoms with E-state index in [1.54, 1.807) is 0 Å². The first-order valence-electron chi connectivity index (χ1n) is 8.40. The number of aryl methyl sites for hydroxylation is 2. The Morgan fingerprint density at radius 1 is 1.33 bits per heavy atom. The topological polar surface area (TPSA) is 72.2 Å². The van der Waals surface area contributed by atoms with E-state index < -0.39 is 0 Å². The van der Waals surface area contributed by atoms with E-state index in [4.69, 9.17) is 0 Å². The van der Waals surface area contributed by atoms with Crippen LogP contribution >= 0.6 is 11.8 Å². The van der Waals surface area contributed by atoms with Crippen LogP contribution in [0.1, 0.15) is 43.5 Å². The first-order valence-corrected chi connectivity index (χ1v) is 9.39. The zero-order chi connectivity index (χ0) is 16.9. The zero-order valence-electron chi connectivity index (χ0n) is 14.2. The van der Waals surface area contributed by atoms with Gasteiger partial charge in [-0.25, -0.2) is 4.98 Å². The van der Waals surface area contributed by atoms with Gasteiger partial charge in [0, 0.05) is 17.9 Å². The summed E-state index contributed by atoms with van der Waals surface area (Å²) in [6.07, 6.45) is 8.24. The second-order valence-corrected chi connectivity index (χ2v) is 7.10. The van der Waals surface area contributed by atoms with Gasteiger partial charge in [-0.3, -0.25) is 9.20 Å². The minimum Gasteiger partial charge on any atom is -0.355 e. The van der Waals surface area contributed by atoms with Crippen molar-refractivity contribution in [3.8, 4) is 0 Å². The quantitative estimate of drug-likeness (QED) is 0.644. The van der Waals surface area contributed by atoms with Crippen molar-refractivity contribution in [1.29, 1.82) is 0 Å². The van der Waals surface area contributed by atoms with Crippen LogP contribution in [-0.2, 0) is 4.79 Å². The number of nitrogens with zero attached hydrogens (tertiary/aromatic N) is 4. The number of carbonyl (C=O) groups is 1. The van der Waals surface area contributed by atoms with Crippen molar-refractivity contribution >= 4 is 23.4 Å². The molecule has 6 nitrogen and oxygen atoms in total. The summed E-state index contributed by atoms with van der Waals surface area (Å²) in [5.74, 6) is 0.957. The molecule has 1 N–H and O–H groups in total. The van der Waals surface area contributed by atoms with Gasteiger partial charge in [-0.1, -0.05) is 23.4 Å². The Bertz CT molecular complexity index is 768. The minimum atomic E-state index is 0.0332. The van der Waals surface area contributed by atoms with Crippen LogP contribution in [0.4, 0.5) is 0 Å². The fourth-order valence-corrected chi connectivity index (χ4v) is 3.78. The highest BCUT2D eigenvalue weighted by Crippen LogP contribution is 2.20. The fourth-order valence-electron chi connectivity index (χ4n) is 2.97. The lowest BCUT2D eigenvalue weighted by Crippen LogP contribution is -2.26. The summed E-state index contributed by atoms with van der Waals surface area (Å²) in [7, 11) is 0. The van der Waals surface area contributed by atoms with Gasteiger partial charge < -0.3 is 5.32 Å². The summed E-state index contributed by atoms with van der Waals surface area (Å²) in [6, 6.07) is 1.98. The summed E-state index contributed by atoms with van der Waals surface area (Å²) in [5, 5.41) is 11.9. The second-order valence-electron chi connectivity index (χ2n) is 6.15. The zero-order valence-corrected chi connectivity index (χ0v) is 15.0. The molecular weight excluding hydrogens is 322 g/mol. The SMILES string of the molecule is Cc1cc(C)n2c(SCC(=O)NCCC3=CCCCC3)nnc2n1. The van der Waals surface area contributed by atoms with Gasteiger partial charge in [-0.15, -0.1) is 10.2 Å². The van der Waals surface area contributed by atoms with Crippen LogP contribution in [0.3, 0.4) is 0 Å². The van der Waals surface area contributed by atoms with Crippen molar-refractivity contribution in [2.45, 2.75) is 51.1 Å². The predicted octanol–water partition coefficient (Wildman–Crippen LogP) is 2.84. The van der Waals surface area contributed by atoms with Crippen LogP contribution in [0.2, 0.25) is 0 Å². The Kier molecular flexibility index (Phi) is 5.50. The molecule has 128 valence electrons. The number of rotatable bonds is 6. The van der Waals surface area contributed by atoms with E-state index in [-0.39, 0.29) is 5.91 Å². The highest BCUT2D eigenvalue weighted by molar-refractivity contribution is 7.99. The van der Waals surface area contributed by atoms with E-state index in [2.05, 4.69) is 26.6 Å². The van der Waals surface area contributed by atoms with Gasteiger partial charge in [0.15, 0.2) is 5.16 Å². The van der Waals surface area contributed by atoms with Crippen LogP contribution in [0.5, 0.6) is 0 Å². The summed E-state index contributed by atoms with van der Waals surface area (Å²) in [6.45, 7) is 4.64. The molecule has 0 atom stereocenters. The van der Waals surface area contributed by atoms with Crippen molar-refractivity contribution in [3.05, 3.63) is 29.1 Å². The molecule has 0 saturated heterocycles. The maximum Gasteiger partial charge on any atom is 0.256 e. The van der Waals surface area contributed by atoms with Crippen LogP contribution in [0, 0.1) is 13.8 Å². The Hall–Kier alpha value is -1.89. The summed E-state index contributed by atoms with van der Waals surface area (Å²) < 4.78 is 1.89. The number of thioether (sulfide) groups is 1. The molecule has 2 aromatic heterocycles. The molecule has 0 unspecified atom stereocenters. The lowest BCUT2D eigenvalue weighted by molar-refractivity contribution is -0.118. The molecule has 0 spiro atoms. The van der Waals surface area contributed by atoms with Crippen molar-refractivity contribution in [1.82, 2.24) is 24.9 Å². The molecule has 0 fully saturated rings. The molecule has 1 amide bonds. The average molecular weight is 345 g/mol. The second kappa shape index (κ2) is 7.79. The number of hydrogen-bond donors (Lipinski definition) is 1. The lowest BCUT2D eigenvalue weighted by atomic mass is 9.97. The minimum absolute atomic E-state index is 0.0332. The third kappa shape index (κ3) is 4.14. The molecule has 1 aliphatic rings. The molecule has 0 saturated carbocycles. The third-order valence-electron chi connectivity index (χ3n) is 4.15. The number of allylic oxidation sites excluding steroid dienone is 1.